The van der Waals surface area contributed by atoms with Crippen molar-refractivity contribution in [3.05, 3.63) is 57.8 Å². The van der Waals surface area contributed by atoms with Crippen molar-refractivity contribution in [1.29, 1.82) is 5.26 Å². The average Bonchev–Trinajstić information content (AvgIpc) is 2.43. The molecule has 1 atom stereocenters. The van der Waals surface area contributed by atoms with Gasteiger partial charge in [-0.1, -0.05) is 15.9 Å². The van der Waals surface area contributed by atoms with Crippen LogP contribution in [-0.4, -0.2) is 5.11 Å². The summed E-state index contributed by atoms with van der Waals surface area (Å²) in [6.45, 7) is 1.79. The van der Waals surface area contributed by atoms with Gasteiger partial charge in [0.15, 0.2) is 0 Å². The molecule has 2 N–H and O–H groups in total. The summed E-state index contributed by atoms with van der Waals surface area (Å²) in [7, 11) is 0. The van der Waals surface area contributed by atoms with Crippen molar-refractivity contribution >= 4 is 21.6 Å². The van der Waals surface area contributed by atoms with Gasteiger partial charge < -0.3 is 10.4 Å². The molecule has 0 radical (unpaired) electrons. The molecule has 0 aromatic heterocycles. The SMILES string of the molecule is CC(Nc1ccc(Br)cc1C#N)c1cc(F)ccc1O. The van der Waals surface area contributed by atoms with Crippen molar-refractivity contribution in [2.24, 2.45) is 0 Å². The number of nitriles is 1. The number of hydrogen-bond donors (Lipinski definition) is 2. The topological polar surface area (TPSA) is 56.0 Å². The number of phenols is 1. The number of rotatable bonds is 3. The molecule has 2 aromatic carbocycles. The van der Waals surface area contributed by atoms with Crippen LogP contribution >= 0.6 is 15.9 Å². The summed E-state index contributed by atoms with van der Waals surface area (Å²) < 4.78 is 14.1. The zero-order valence-electron chi connectivity index (χ0n) is 10.7. The lowest BCUT2D eigenvalue weighted by molar-refractivity contribution is 0.462. The molecule has 0 heterocycles. The smallest absolute Gasteiger partial charge is 0.123 e. The number of nitrogens with one attached hydrogen (secondary N) is 1. The lowest BCUT2D eigenvalue weighted by atomic mass is 10.1. The molecule has 0 spiro atoms. The van der Waals surface area contributed by atoms with Crippen molar-refractivity contribution < 1.29 is 9.50 Å². The first kappa shape index (κ1) is 14.4. The Morgan fingerprint density at radius 2 is 2.05 bits per heavy atom. The molecular weight excluding hydrogens is 323 g/mol. The predicted octanol–water partition coefficient (Wildman–Crippen LogP) is 4.34. The van der Waals surface area contributed by atoms with Gasteiger partial charge in [-0.25, -0.2) is 4.39 Å². The summed E-state index contributed by atoms with van der Waals surface area (Å²) in [5.74, 6) is -0.398. The van der Waals surface area contributed by atoms with E-state index in [0.717, 1.165) is 4.47 Å². The van der Waals surface area contributed by atoms with Crippen LogP contribution < -0.4 is 5.32 Å². The third-order valence-corrected chi connectivity index (χ3v) is 3.42. The third kappa shape index (κ3) is 3.09. The zero-order chi connectivity index (χ0) is 14.7. The van der Waals surface area contributed by atoms with Gasteiger partial charge in [-0.05, 0) is 43.3 Å². The normalized spacial score (nSPS) is 11.7. The Morgan fingerprint density at radius 1 is 1.30 bits per heavy atom. The lowest BCUT2D eigenvalue weighted by Gasteiger charge is -2.18. The predicted molar refractivity (Wildman–Crippen MR) is 79.0 cm³/mol. The first-order valence-corrected chi connectivity index (χ1v) is 6.75. The molecular formula is C15H12BrFN2O. The number of halogens is 2. The molecule has 0 aliphatic rings. The van der Waals surface area contributed by atoms with E-state index in [-0.39, 0.29) is 11.8 Å². The second-order valence-corrected chi connectivity index (χ2v) is 5.29. The van der Waals surface area contributed by atoms with Gasteiger partial charge in [0.25, 0.3) is 0 Å². The molecule has 0 aliphatic heterocycles. The van der Waals surface area contributed by atoms with Crippen LogP contribution in [0.3, 0.4) is 0 Å². The zero-order valence-corrected chi connectivity index (χ0v) is 12.3. The summed E-state index contributed by atoms with van der Waals surface area (Å²) in [5.41, 5.74) is 1.55. The van der Waals surface area contributed by atoms with E-state index in [1.807, 2.05) is 0 Å². The summed E-state index contributed by atoms with van der Waals surface area (Å²) in [4.78, 5) is 0. The van der Waals surface area contributed by atoms with E-state index in [1.165, 1.54) is 18.2 Å². The number of nitrogens with zero attached hydrogens (tertiary/aromatic N) is 1. The maximum absolute atomic E-state index is 13.2. The fourth-order valence-corrected chi connectivity index (χ4v) is 2.28. The standard InChI is InChI=1S/C15H12BrFN2O/c1-9(13-7-12(17)3-5-15(13)20)19-14-4-2-11(16)6-10(14)8-18/h2-7,9,19-20H,1H3. The first-order valence-electron chi connectivity index (χ1n) is 5.96. The van der Waals surface area contributed by atoms with E-state index in [4.69, 9.17) is 5.26 Å². The van der Waals surface area contributed by atoms with Crippen LogP contribution in [0, 0.1) is 17.1 Å². The molecule has 0 amide bonds. The molecule has 102 valence electrons. The summed E-state index contributed by atoms with van der Waals surface area (Å²) in [6.07, 6.45) is 0. The molecule has 0 aliphatic carbocycles. The molecule has 0 bridgehead atoms. The van der Waals surface area contributed by atoms with Crippen molar-refractivity contribution in [3.63, 3.8) is 0 Å². The Morgan fingerprint density at radius 3 is 2.75 bits per heavy atom. The molecule has 2 rings (SSSR count). The van der Waals surface area contributed by atoms with Gasteiger partial charge in [0.05, 0.1) is 17.3 Å². The minimum Gasteiger partial charge on any atom is -0.508 e. The highest BCUT2D eigenvalue weighted by Gasteiger charge is 2.13. The fraction of sp³-hybridized carbons (Fsp3) is 0.133. The van der Waals surface area contributed by atoms with Crippen LogP contribution in [0.25, 0.3) is 0 Å². The van der Waals surface area contributed by atoms with E-state index in [2.05, 4.69) is 27.3 Å². The Bertz CT molecular complexity index is 682. The molecule has 20 heavy (non-hydrogen) atoms. The highest BCUT2D eigenvalue weighted by Crippen LogP contribution is 2.29. The molecule has 3 nitrogen and oxygen atoms in total. The minimum atomic E-state index is -0.414. The van der Waals surface area contributed by atoms with E-state index in [1.54, 1.807) is 25.1 Å². The number of benzene rings is 2. The Kier molecular flexibility index (Phi) is 4.26. The third-order valence-electron chi connectivity index (χ3n) is 2.93. The monoisotopic (exact) mass is 334 g/mol. The summed E-state index contributed by atoms with van der Waals surface area (Å²) in [5, 5.41) is 22.0. The Hall–Kier alpha value is -2.06. The van der Waals surface area contributed by atoms with E-state index in [9.17, 15) is 9.50 Å². The minimum absolute atomic E-state index is 0.0158. The summed E-state index contributed by atoms with van der Waals surface area (Å²) >= 11 is 3.30. The molecule has 0 saturated heterocycles. The highest BCUT2D eigenvalue weighted by molar-refractivity contribution is 9.10. The summed E-state index contributed by atoms with van der Waals surface area (Å²) in [6, 6.07) is 10.8. The Labute approximate surface area is 124 Å². The van der Waals surface area contributed by atoms with Gasteiger partial charge in [0.1, 0.15) is 17.6 Å². The molecule has 1 unspecified atom stereocenters. The van der Waals surface area contributed by atoms with Crippen molar-refractivity contribution in [1.82, 2.24) is 0 Å². The van der Waals surface area contributed by atoms with Gasteiger partial charge in [0, 0.05) is 10.0 Å². The number of hydrogen-bond acceptors (Lipinski definition) is 3. The number of aromatic hydroxyl groups is 1. The van der Waals surface area contributed by atoms with Crippen LogP contribution in [0.5, 0.6) is 5.75 Å². The molecule has 0 saturated carbocycles. The van der Waals surface area contributed by atoms with Crippen LogP contribution in [0.15, 0.2) is 40.9 Å². The largest absolute Gasteiger partial charge is 0.508 e. The molecule has 5 heteroatoms. The van der Waals surface area contributed by atoms with E-state index in [0.29, 0.717) is 16.8 Å². The van der Waals surface area contributed by atoms with Crippen LogP contribution in [0.1, 0.15) is 24.1 Å². The van der Waals surface area contributed by atoms with Crippen molar-refractivity contribution in [3.8, 4) is 11.8 Å². The van der Waals surface area contributed by atoms with Gasteiger partial charge in [-0.3, -0.25) is 0 Å². The van der Waals surface area contributed by atoms with Gasteiger partial charge in [0.2, 0.25) is 0 Å². The highest BCUT2D eigenvalue weighted by atomic mass is 79.9. The van der Waals surface area contributed by atoms with Gasteiger partial charge in [-0.15, -0.1) is 0 Å². The lowest BCUT2D eigenvalue weighted by Crippen LogP contribution is -2.08. The fourth-order valence-electron chi connectivity index (χ4n) is 1.92. The second-order valence-electron chi connectivity index (χ2n) is 4.37. The van der Waals surface area contributed by atoms with Crippen molar-refractivity contribution in [2.75, 3.05) is 5.32 Å². The van der Waals surface area contributed by atoms with Crippen LogP contribution in [0.4, 0.5) is 10.1 Å². The maximum Gasteiger partial charge on any atom is 0.123 e. The van der Waals surface area contributed by atoms with E-state index >= 15 is 0 Å². The Balaban J connectivity index is 2.30. The molecule has 2 aromatic rings. The van der Waals surface area contributed by atoms with Crippen LogP contribution in [-0.2, 0) is 0 Å². The quantitative estimate of drug-likeness (QED) is 0.877. The molecule has 0 fully saturated rings. The van der Waals surface area contributed by atoms with Crippen molar-refractivity contribution in [2.45, 2.75) is 13.0 Å². The van der Waals surface area contributed by atoms with E-state index < -0.39 is 5.82 Å². The van der Waals surface area contributed by atoms with Crippen LogP contribution in [0.2, 0.25) is 0 Å². The van der Waals surface area contributed by atoms with Gasteiger partial charge in [-0.2, -0.15) is 5.26 Å². The maximum atomic E-state index is 13.2. The van der Waals surface area contributed by atoms with Gasteiger partial charge >= 0.3 is 0 Å². The first-order chi connectivity index (χ1) is 9.51. The number of phenolic OH excluding ortho intramolecular Hbond substituents is 1. The number of anilines is 1. The average molecular weight is 335 g/mol. The second kappa shape index (κ2) is 5.93.